The highest BCUT2D eigenvalue weighted by Gasteiger charge is 2.45. The Balaban J connectivity index is 1.12. The van der Waals surface area contributed by atoms with Crippen molar-refractivity contribution in [2.45, 2.75) is 108 Å². The molecule has 5 N–H and O–H groups in total. The van der Waals surface area contributed by atoms with Crippen molar-refractivity contribution in [3.8, 4) is 5.75 Å². The van der Waals surface area contributed by atoms with E-state index in [1.165, 1.54) is 23.1 Å². The summed E-state index contributed by atoms with van der Waals surface area (Å²) in [5.41, 5.74) is 8.13. The molecular formula is C61H74N5O16S4+. The highest BCUT2D eigenvalue weighted by Crippen LogP contribution is 2.51. The van der Waals surface area contributed by atoms with Crippen molar-refractivity contribution in [2.24, 2.45) is 0 Å². The minimum absolute atomic E-state index is 0.122. The van der Waals surface area contributed by atoms with Crippen LogP contribution in [0, 0.1) is 0 Å². The van der Waals surface area contributed by atoms with Gasteiger partial charge in [-0.2, -0.15) is 13.0 Å². The Morgan fingerprint density at radius 1 is 0.767 bits per heavy atom. The zero-order valence-corrected chi connectivity index (χ0v) is 51.8. The van der Waals surface area contributed by atoms with Gasteiger partial charge in [-0.15, -0.1) is 13.0 Å². The van der Waals surface area contributed by atoms with Gasteiger partial charge in [-0.1, -0.05) is 71.8 Å². The SMILES string of the molecule is CC1(C)C(/C=C/C2=C(Oc3ccc(SOOO)cc3)C(=C/C=C3/N(CCCCCC(=O)NCCN4C(=O)C=CC4=O)c4ccc5ccccc5c4C3(C)C)/CCC2)=[N+](CCCS(=O)(=O)O)c2ccc(N(CCCSOOO)CCCSOOO)cc21. The third-order valence-corrected chi connectivity index (χ3v) is 18.3. The number of nitrogens with zero attached hydrogens (tertiary/aromatic N) is 4. The lowest BCUT2D eigenvalue weighted by Gasteiger charge is -2.28. The smallest absolute Gasteiger partial charge is 0.265 e. The van der Waals surface area contributed by atoms with Crippen LogP contribution in [0.4, 0.5) is 17.1 Å². The second-order valence-electron chi connectivity index (χ2n) is 22.0. The van der Waals surface area contributed by atoms with Gasteiger partial charge in [-0.05, 0) is 141 Å². The van der Waals surface area contributed by atoms with Gasteiger partial charge in [0.15, 0.2) is 5.71 Å². The van der Waals surface area contributed by atoms with E-state index >= 15 is 0 Å². The Kier molecular flexibility index (Phi) is 24.1. The fraction of sp³-hybridized carbons (Fsp3) is 0.410. The number of carbonyl (C=O) groups excluding carboxylic acids is 3. The first-order valence-corrected chi connectivity index (χ1v) is 32.7. The Bertz CT molecular complexity index is 3330. The second-order valence-corrected chi connectivity index (χ2v) is 25.9. The number of allylic oxidation sites excluding steroid dienone is 7. The van der Waals surface area contributed by atoms with Crippen LogP contribution in [-0.4, -0.2) is 118 Å². The summed E-state index contributed by atoms with van der Waals surface area (Å²) in [5.74, 6) is 1.02. The number of nitrogens with one attached hydrogen (secondary N) is 1. The van der Waals surface area contributed by atoms with Gasteiger partial charge < -0.3 is 19.9 Å². The largest absolute Gasteiger partial charge is 0.457 e. The fourth-order valence-electron chi connectivity index (χ4n) is 11.6. The summed E-state index contributed by atoms with van der Waals surface area (Å²) in [6.45, 7) is 11.4. The first-order chi connectivity index (χ1) is 41.4. The normalized spacial score (nSPS) is 17.3. The predicted molar refractivity (Wildman–Crippen MR) is 332 cm³/mol. The predicted octanol–water partition coefficient (Wildman–Crippen LogP) is 11.9. The molecule has 3 aliphatic heterocycles. The zero-order chi connectivity index (χ0) is 61.3. The van der Waals surface area contributed by atoms with Crippen molar-refractivity contribution in [2.75, 3.05) is 66.3 Å². The van der Waals surface area contributed by atoms with Gasteiger partial charge in [0.05, 0.1) is 23.2 Å². The molecule has 0 atom stereocenters. The molecular weight excluding hydrogens is 1190 g/mol. The lowest BCUT2D eigenvalue weighted by Crippen LogP contribution is -2.38. The molecule has 4 aromatic carbocycles. The van der Waals surface area contributed by atoms with Gasteiger partial charge in [-0.3, -0.25) is 23.8 Å². The molecule has 4 aromatic rings. The highest BCUT2D eigenvalue weighted by molar-refractivity contribution is 7.95. The minimum Gasteiger partial charge on any atom is -0.457 e. The van der Waals surface area contributed by atoms with E-state index in [4.69, 9.17) is 24.8 Å². The summed E-state index contributed by atoms with van der Waals surface area (Å²) in [4.78, 5) is 43.2. The molecule has 0 radical (unpaired) electrons. The molecule has 462 valence electrons. The number of benzene rings is 4. The Morgan fingerprint density at radius 2 is 1.48 bits per heavy atom. The number of amides is 3. The molecule has 8 rings (SSSR count). The van der Waals surface area contributed by atoms with Gasteiger partial charge in [0.1, 0.15) is 18.1 Å². The van der Waals surface area contributed by atoms with Gasteiger partial charge in [0, 0.05) is 138 Å². The van der Waals surface area contributed by atoms with E-state index in [9.17, 15) is 27.4 Å². The number of hydrogen-bond acceptors (Lipinski definition) is 20. The number of imide groups is 1. The zero-order valence-electron chi connectivity index (χ0n) is 48.5. The number of hydrogen-bond donors (Lipinski definition) is 5. The second kappa shape index (κ2) is 31.3. The standard InChI is InChI=1S/C61H73N5O16S4/c1-60(2)50-42-46(63(34-11-39-83-80-77-70)35-12-40-84-81-78-71)22-28-51(50)64(37-13-41-86(73,74)75)53(60)29-20-44-15-10-16-45(59(44)76-47-23-25-48(26-24-47)85-82-79-72)21-30-54-61(3,4)58-49-17-8-7-14-43(49)19-27-52(58)65(54)36-9-5-6-18-55(67)62-33-38-66-56(68)31-32-57(66)69/h7-8,14,17,19-32,42H,5-6,9-13,15-16,18,33-41H2,1-4H3,(H4-,62,67,70,71,72,73,74,75)/p+1. The van der Waals surface area contributed by atoms with E-state index in [0.717, 1.165) is 111 Å². The summed E-state index contributed by atoms with van der Waals surface area (Å²) in [6.07, 6.45) is 17.4. The maximum atomic E-state index is 12.8. The monoisotopic (exact) mass is 1260 g/mol. The average molecular weight is 1260 g/mol. The molecule has 0 unspecified atom stereocenters. The van der Waals surface area contributed by atoms with E-state index in [0.29, 0.717) is 92.6 Å². The Hall–Kier alpha value is -5.88. The van der Waals surface area contributed by atoms with Crippen LogP contribution in [0.3, 0.4) is 0 Å². The van der Waals surface area contributed by atoms with Crippen molar-refractivity contribution < 1.29 is 80.6 Å². The fourth-order valence-corrected chi connectivity index (χ4v) is 13.2. The Labute approximate surface area is 514 Å². The van der Waals surface area contributed by atoms with Crippen LogP contribution in [0.15, 0.2) is 143 Å². The van der Waals surface area contributed by atoms with E-state index in [-0.39, 0.29) is 37.2 Å². The summed E-state index contributed by atoms with van der Waals surface area (Å²) in [7, 11) is -4.25. The van der Waals surface area contributed by atoms with Crippen LogP contribution in [-0.2, 0) is 63.4 Å². The number of carbonyl (C=O) groups is 3. The third kappa shape index (κ3) is 17.0. The molecule has 25 heteroatoms. The molecule has 21 nitrogen and oxygen atoms in total. The van der Waals surface area contributed by atoms with Crippen molar-refractivity contribution in [1.82, 2.24) is 10.2 Å². The molecule has 3 amide bonds. The van der Waals surface area contributed by atoms with Crippen molar-refractivity contribution in [3.63, 3.8) is 0 Å². The van der Waals surface area contributed by atoms with Gasteiger partial charge >= 0.3 is 0 Å². The minimum atomic E-state index is -4.25. The highest BCUT2D eigenvalue weighted by atomic mass is 32.2. The van der Waals surface area contributed by atoms with Crippen LogP contribution in [0.1, 0.15) is 103 Å². The van der Waals surface area contributed by atoms with Crippen LogP contribution in [0.2, 0.25) is 0 Å². The Morgan fingerprint density at radius 3 is 2.17 bits per heavy atom. The molecule has 3 heterocycles. The van der Waals surface area contributed by atoms with Gasteiger partial charge in [-0.25, -0.2) is 15.8 Å². The van der Waals surface area contributed by atoms with Crippen LogP contribution in [0.25, 0.3) is 10.8 Å². The first-order valence-electron chi connectivity index (χ1n) is 28.5. The third-order valence-electron chi connectivity index (χ3n) is 15.7. The molecule has 0 aromatic heterocycles. The van der Waals surface area contributed by atoms with Crippen LogP contribution >= 0.6 is 36.1 Å². The maximum Gasteiger partial charge on any atom is 0.265 e. The lowest BCUT2D eigenvalue weighted by atomic mass is 9.80. The van der Waals surface area contributed by atoms with Crippen LogP contribution in [0.5, 0.6) is 5.75 Å². The number of unbranched alkanes of at least 4 members (excludes halogenated alkanes) is 2. The molecule has 86 heavy (non-hydrogen) atoms. The number of anilines is 2. The maximum absolute atomic E-state index is 12.8. The van der Waals surface area contributed by atoms with E-state index in [1.807, 2.05) is 24.3 Å². The first kappa shape index (κ1) is 66.1. The van der Waals surface area contributed by atoms with Gasteiger partial charge in [0.2, 0.25) is 11.6 Å². The number of fused-ring (bicyclic) bond motifs is 4. The molecule has 0 saturated heterocycles. The molecule has 1 aliphatic carbocycles. The van der Waals surface area contributed by atoms with Crippen molar-refractivity contribution in [1.29, 1.82) is 0 Å². The van der Waals surface area contributed by atoms with Crippen molar-refractivity contribution in [3.05, 3.63) is 149 Å². The molecule has 4 aliphatic rings. The molecule has 0 saturated carbocycles. The number of rotatable bonds is 34. The van der Waals surface area contributed by atoms with E-state index in [2.05, 4.69) is 138 Å². The molecule has 0 fully saturated rings. The van der Waals surface area contributed by atoms with Crippen molar-refractivity contribution >= 4 is 97.5 Å². The summed E-state index contributed by atoms with van der Waals surface area (Å²) in [6, 6.07) is 26.3. The summed E-state index contributed by atoms with van der Waals surface area (Å²) in [5, 5.41) is 42.7. The molecule has 0 bridgehead atoms. The van der Waals surface area contributed by atoms with E-state index < -0.39 is 26.7 Å². The van der Waals surface area contributed by atoms with Gasteiger partial charge in [0.25, 0.3) is 21.9 Å². The quantitative estimate of drug-likeness (QED) is 0.00554. The topological polar surface area (TPSA) is 256 Å². The summed E-state index contributed by atoms with van der Waals surface area (Å²) < 4.78 is 57.1. The van der Waals surface area contributed by atoms with Crippen LogP contribution < -0.4 is 19.9 Å². The molecule has 0 spiro atoms. The summed E-state index contributed by atoms with van der Waals surface area (Å²) >= 11 is 2.81. The van der Waals surface area contributed by atoms with E-state index in [1.54, 1.807) is 12.1 Å². The average Bonchev–Trinajstić information content (AvgIpc) is 1.66. The number of ether oxygens (including phenoxy) is 1. The lowest BCUT2D eigenvalue weighted by molar-refractivity contribution is -0.437.